The summed E-state index contributed by atoms with van der Waals surface area (Å²) in [4.78, 5) is 7.23. The fourth-order valence-corrected chi connectivity index (χ4v) is 5.34. The molecule has 9 nitrogen and oxygen atoms in total. The van der Waals surface area contributed by atoms with Crippen LogP contribution in [0.1, 0.15) is 6.42 Å². The predicted octanol–water partition coefficient (Wildman–Crippen LogP) is 5.73. The minimum Gasteiger partial charge on any atom is -0.452 e. The van der Waals surface area contributed by atoms with E-state index < -0.39 is 0 Å². The first-order valence-electron chi connectivity index (χ1n) is 12.2. The lowest BCUT2D eigenvalue weighted by Gasteiger charge is -2.28. The Labute approximate surface area is 229 Å². The molecular weight excluding hydrogens is 602 g/mol. The second-order valence-corrected chi connectivity index (χ2v) is 10.5. The maximum Gasteiger partial charge on any atom is 0.176 e. The Hall–Kier alpha value is -2.79. The lowest BCUT2D eigenvalue weighted by atomic mass is 10.2. The molecule has 0 amide bonds. The molecule has 4 aromatic heterocycles. The predicted molar refractivity (Wildman–Crippen MR) is 154 cm³/mol. The third kappa shape index (κ3) is 5.43. The van der Waals surface area contributed by atoms with Gasteiger partial charge in [-0.05, 0) is 34.5 Å². The fraction of sp³-hybridized carbons (Fsp3) is 0.269. The summed E-state index contributed by atoms with van der Waals surface area (Å²) < 4.78 is 21.2. The Bertz CT molecular complexity index is 1480. The van der Waals surface area contributed by atoms with Crippen LogP contribution in [0.3, 0.4) is 0 Å². The van der Waals surface area contributed by atoms with Gasteiger partial charge in [0.15, 0.2) is 11.4 Å². The molecule has 1 unspecified atom stereocenters. The second-order valence-electron chi connectivity index (χ2n) is 8.71. The maximum absolute atomic E-state index is 6.41. The van der Waals surface area contributed by atoms with E-state index in [9.17, 15) is 0 Å². The molecule has 0 spiro atoms. The molecule has 1 aliphatic rings. The number of rotatable bonds is 9. The number of furan rings is 1. The number of hydrogen-bond acceptors (Lipinski definition) is 7. The first kappa shape index (κ1) is 24.5. The quantitative estimate of drug-likeness (QED) is 0.117. The summed E-state index contributed by atoms with van der Waals surface area (Å²) >= 11 is 2.24. The zero-order valence-corrected chi connectivity index (χ0v) is 23.2. The van der Waals surface area contributed by atoms with Gasteiger partial charge in [-0.1, -0.05) is 30.3 Å². The molecule has 0 bridgehead atoms. The van der Waals surface area contributed by atoms with Crippen LogP contribution in [0, 0.1) is 0 Å². The summed E-state index contributed by atoms with van der Waals surface area (Å²) in [7, 11) is 0. The van der Waals surface area contributed by atoms with Crippen molar-refractivity contribution >= 4 is 45.3 Å². The topological polar surface area (TPSA) is 83.4 Å². The summed E-state index contributed by atoms with van der Waals surface area (Å²) in [5.74, 6) is 1.49. The second kappa shape index (κ2) is 11.3. The van der Waals surface area contributed by atoms with Crippen LogP contribution in [-0.4, -0.2) is 57.5 Å². The Morgan fingerprint density at radius 3 is 2.76 bits per heavy atom. The molecule has 1 saturated heterocycles. The molecule has 0 N–H and O–H groups in total. The van der Waals surface area contributed by atoms with Gasteiger partial charge in [0.1, 0.15) is 11.3 Å². The molecule has 5 heterocycles. The molecule has 11 heteroatoms. The van der Waals surface area contributed by atoms with Gasteiger partial charge in [0.05, 0.1) is 49.4 Å². The SMILES string of the molecule is IPOCCCn1cc(-c2cc3nc(-n4ccc(-c5ccccc5)n4)cc(N4CCOCC4)c3o2)cn1. The number of fused-ring (bicyclic) bond motifs is 1. The van der Waals surface area contributed by atoms with Crippen molar-refractivity contribution in [3.63, 3.8) is 0 Å². The van der Waals surface area contributed by atoms with Gasteiger partial charge in [0.25, 0.3) is 0 Å². The molecular formula is C26H26IN6O3P. The molecule has 5 aromatic rings. The third-order valence-electron chi connectivity index (χ3n) is 6.30. The Kier molecular flexibility index (Phi) is 7.50. The summed E-state index contributed by atoms with van der Waals surface area (Å²) in [6.45, 7) is 4.96. The smallest absolute Gasteiger partial charge is 0.176 e. The summed E-state index contributed by atoms with van der Waals surface area (Å²) in [5, 5.41) is 9.32. The highest BCUT2D eigenvalue weighted by Crippen LogP contribution is 2.35. The largest absolute Gasteiger partial charge is 0.452 e. The van der Waals surface area contributed by atoms with Crippen LogP contribution in [-0.2, 0) is 15.8 Å². The number of nitrogens with zero attached hydrogens (tertiary/aromatic N) is 6. The molecule has 0 aliphatic carbocycles. The molecule has 6 rings (SSSR count). The minimum atomic E-state index is 0.485. The van der Waals surface area contributed by atoms with Crippen LogP contribution in [0.25, 0.3) is 39.5 Å². The highest BCUT2D eigenvalue weighted by molar-refractivity contribution is 14.2. The Morgan fingerprint density at radius 2 is 1.92 bits per heavy atom. The van der Waals surface area contributed by atoms with E-state index in [-0.39, 0.29) is 0 Å². The number of aromatic nitrogens is 5. The first-order chi connectivity index (χ1) is 18.3. The molecule has 0 radical (unpaired) electrons. The van der Waals surface area contributed by atoms with Crippen LogP contribution in [0.2, 0.25) is 0 Å². The van der Waals surface area contributed by atoms with Gasteiger partial charge in [0.2, 0.25) is 0 Å². The van der Waals surface area contributed by atoms with E-state index in [4.69, 9.17) is 23.8 Å². The van der Waals surface area contributed by atoms with Crippen LogP contribution in [0.5, 0.6) is 0 Å². The fourth-order valence-electron chi connectivity index (χ4n) is 4.46. The van der Waals surface area contributed by atoms with Crippen LogP contribution in [0.4, 0.5) is 5.69 Å². The Balaban J connectivity index is 1.35. The molecule has 1 fully saturated rings. The normalized spacial score (nSPS) is 14.4. The summed E-state index contributed by atoms with van der Waals surface area (Å²) in [5.41, 5.74) is 5.44. The molecule has 190 valence electrons. The standard InChI is InChI=1S/C26H26IN6O3P/c27-37-35-12-4-8-32-18-20(17-28-32)24-15-22-26(36-24)23(31-10-13-34-14-11-31)16-25(29-22)33-9-7-21(30-33)19-5-2-1-3-6-19/h1-3,5-7,9,15-18,37H,4,8,10-14H2. The summed E-state index contributed by atoms with van der Waals surface area (Å²) in [6.07, 6.45) is 6.72. The van der Waals surface area contributed by atoms with Crippen LogP contribution in [0.15, 0.2) is 71.5 Å². The van der Waals surface area contributed by atoms with Gasteiger partial charge >= 0.3 is 0 Å². The van der Waals surface area contributed by atoms with Crippen molar-refractivity contribution in [2.24, 2.45) is 0 Å². The number of pyridine rings is 1. The zero-order valence-electron chi connectivity index (χ0n) is 20.1. The molecule has 1 aromatic carbocycles. The van der Waals surface area contributed by atoms with E-state index in [1.807, 2.05) is 58.3 Å². The molecule has 1 aliphatic heterocycles. The van der Waals surface area contributed by atoms with Gasteiger partial charge < -0.3 is 18.6 Å². The number of anilines is 1. The summed E-state index contributed by atoms with van der Waals surface area (Å²) in [6, 6.07) is 16.2. The molecule has 1 atom stereocenters. The monoisotopic (exact) mass is 628 g/mol. The third-order valence-corrected chi connectivity index (χ3v) is 7.54. The van der Waals surface area contributed by atoms with E-state index in [0.29, 0.717) is 19.7 Å². The minimum absolute atomic E-state index is 0.485. The van der Waals surface area contributed by atoms with Crippen molar-refractivity contribution in [2.45, 2.75) is 13.0 Å². The highest BCUT2D eigenvalue weighted by Gasteiger charge is 2.21. The van der Waals surface area contributed by atoms with Crippen molar-refractivity contribution in [3.8, 4) is 28.4 Å². The number of hydrogen-bond donors (Lipinski definition) is 0. The van der Waals surface area contributed by atoms with Crippen molar-refractivity contribution < 1.29 is 13.7 Å². The molecule has 37 heavy (non-hydrogen) atoms. The van der Waals surface area contributed by atoms with Gasteiger partial charge in [-0.25, -0.2) is 9.67 Å². The Morgan fingerprint density at radius 1 is 1.05 bits per heavy atom. The average molecular weight is 628 g/mol. The number of morpholine rings is 1. The van der Waals surface area contributed by atoms with Crippen molar-refractivity contribution in [1.82, 2.24) is 24.5 Å². The lowest BCUT2D eigenvalue weighted by Crippen LogP contribution is -2.36. The highest BCUT2D eigenvalue weighted by atomic mass is 127. The number of aryl methyl sites for hydroxylation is 1. The van der Waals surface area contributed by atoms with E-state index in [1.54, 1.807) is 0 Å². The van der Waals surface area contributed by atoms with Crippen molar-refractivity contribution in [1.29, 1.82) is 0 Å². The van der Waals surface area contributed by atoms with Gasteiger partial charge in [-0.3, -0.25) is 4.68 Å². The van der Waals surface area contributed by atoms with Crippen molar-refractivity contribution in [2.75, 3.05) is 37.8 Å². The molecule has 0 saturated carbocycles. The lowest BCUT2D eigenvalue weighted by molar-refractivity contribution is 0.122. The van der Waals surface area contributed by atoms with Gasteiger partial charge in [-0.15, -0.1) is 0 Å². The average Bonchev–Trinajstić information content (AvgIpc) is 3.71. The van der Waals surface area contributed by atoms with E-state index >= 15 is 0 Å². The van der Waals surface area contributed by atoms with Gasteiger partial charge in [0, 0.05) is 49.7 Å². The van der Waals surface area contributed by atoms with E-state index in [1.165, 1.54) is 0 Å². The van der Waals surface area contributed by atoms with Crippen LogP contribution < -0.4 is 4.90 Å². The number of benzene rings is 1. The maximum atomic E-state index is 6.41. The number of halogens is 1. The van der Waals surface area contributed by atoms with Crippen molar-refractivity contribution in [3.05, 3.63) is 67.1 Å². The first-order valence-corrected chi connectivity index (χ1v) is 16.2. The van der Waals surface area contributed by atoms with Gasteiger partial charge in [-0.2, -0.15) is 10.2 Å². The zero-order chi connectivity index (χ0) is 25.0. The number of ether oxygens (including phenoxy) is 1. The van der Waals surface area contributed by atoms with E-state index in [2.05, 4.69) is 50.2 Å². The van der Waals surface area contributed by atoms with Crippen LogP contribution >= 0.6 is 28.5 Å². The van der Waals surface area contributed by atoms with E-state index in [0.717, 1.165) is 77.8 Å².